The van der Waals surface area contributed by atoms with E-state index in [9.17, 15) is 13.2 Å². The molecule has 0 radical (unpaired) electrons. The van der Waals surface area contributed by atoms with Crippen LogP contribution in [0.3, 0.4) is 0 Å². The Labute approximate surface area is 111 Å². The second kappa shape index (κ2) is 6.28. The number of alkyl halides is 3. The summed E-state index contributed by atoms with van der Waals surface area (Å²) in [5.41, 5.74) is 1.67. The summed E-state index contributed by atoms with van der Waals surface area (Å²) in [4.78, 5) is 2.39. The van der Waals surface area contributed by atoms with Crippen LogP contribution in [0.4, 0.5) is 18.9 Å². The van der Waals surface area contributed by atoms with Crippen molar-refractivity contribution in [3.63, 3.8) is 0 Å². The Morgan fingerprint density at radius 1 is 1.00 bits per heavy atom. The number of likely N-dealkylation sites (tertiary alicyclic amines) is 1. The SMILES string of the molecule is FC(F)(F)CNc1ccc(CN2CCCCC2)cc1. The first-order valence-corrected chi connectivity index (χ1v) is 6.65. The molecule has 0 amide bonds. The van der Waals surface area contributed by atoms with Gasteiger partial charge in [0.25, 0.3) is 0 Å². The van der Waals surface area contributed by atoms with E-state index >= 15 is 0 Å². The summed E-state index contributed by atoms with van der Waals surface area (Å²) in [6, 6.07) is 7.22. The standard InChI is InChI=1S/C14H19F3N2/c15-14(16,17)11-18-13-6-4-12(5-7-13)10-19-8-2-1-3-9-19/h4-7,18H,1-3,8-11H2. The van der Waals surface area contributed by atoms with Gasteiger partial charge in [-0.3, -0.25) is 4.90 Å². The highest BCUT2D eigenvalue weighted by Gasteiger charge is 2.26. The highest BCUT2D eigenvalue weighted by molar-refractivity contribution is 5.44. The second-order valence-corrected chi connectivity index (χ2v) is 5.00. The Morgan fingerprint density at radius 2 is 1.63 bits per heavy atom. The maximum atomic E-state index is 12.1. The molecule has 5 heteroatoms. The van der Waals surface area contributed by atoms with Crippen LogP contribution in [0.1, 0.15) is 24.8 Å². The molecule has 19 heavy (non-hydrogen) atoms. The fourth-order valence-electron chi connectivity index (χ4n) is 2.31. The maximum absolute atomic E-state index is 12.1. The van der Waals surface area contributed by atoms with Crippen LogP contribution in [0.2, 0.25) is 0 Å². The summed E-state index contributed by atoms with van der Waals surface area (Å²) in [5.74, 6) is 0. The Morgan fingerprint density at radius 3 is 2.21 bits per heavy atom. The van der Waals surface area contributed by atoms with Crippen molar-refractivity contribution in [1.29, 1.82) is 0 Å². The van der Waals surface area contributed by atoms with Gasteiger partial charge in [-0.25, -0.2) is 0 Å². The molecule has 1 aromatic rings. The molecule has 0 unspecified atom stereocenters. The minimum atomic E-state index is -4.17. The van der Waals surface area contributed by atoms with Gasteiger partial charge < -0.3 is 5.32 Å². The van der Waals surface area contributed by atoms with Crippen molar-refractivity contribution in [2.45, 2.75) is 32.0 Å². The first-order chi connectivity index (χ1) is 9.03. The molecule has 1 heterocycles. The number of piperidine rings is 1. The highest BCUT2D eigenvalue weighted by atomic mass is 19.4. The van der Waals surface area contributed by atoms with E-state index in [4.69, 9.17) is 0 Å². The lowest BCUT2D eigenvalue weighted by molar-refractivity contribution is -0.115. The van der Waals surface area contributed by atoms with Gasteiger partial charge in [0.1, 0.15) is 6.54 Å². The monoisotopic (exact) mass is 272 g/mol. The summed E-state index contributed by atoms with van der Waals surface area (Å²) >= 11 is 0. The normalized spacial score (nSPS) is 17.4. The van der Waals surface area contributed by atoms with E-state index in [0.717, 1.165) is 25.2 Å². The molecule has 0 saturated carbocycles. The number of halogens is 3. The molecule has 0 bridgehead atoms. The lowest BCUT2D eigenvalue weighted by atomic mass is 10.1. The van der Waals surface area contributed by atoms with Gasteiger partial charge in [0, 0.05) is 12.2 Å². The molecule has 0 spiro atoms. The van der Waals surface area contributed by atoms with E-state index in [1.165, 1.54) is 19.3 Å². The zero-order valence-corrected chi connectivity index (χ0v) is 10.8. The van der Waals surface area contributed by atoms with Gasteiger partial charge in [-0.1, -0.05) is 18.6 Å². The Bertz CT molecular complexity index is 381. The molecule has 1 saturated heterocycles. The zero-order valence-electron chi connectivity index (χ0n) is 10.8. The number of anilines is 1. The van der Waals surface area contributed by atoms with Crippen LogP contribution in [0.5, 0.6) is 0 Å². The average molecular weight is 272 g/mol. The molecule has 2 rings (SSSR count). The molecule has 0 aliphatic carbocycles. The first kappa shape index (κ1) is 14.2. The van der Waals surface area contributed by atoms with E-state index in [0.29, 0.717) is 5.69 Å². The molecule has 1 aliphatic heterocycles. The predicted octanol–water partition coefficient (Wildman–Crippen LogP) is 3.65. The van der Waals surface area contributed by atoms with Crippen LogP contribution < -0.4 is 5.32 Å². The Hall–Kier alpha value is -1.23. The maximum Gasteiger partial charge on any atom is 0.405 e. The lowest BCUT2D eigenvalue weighted by Gasteiger charge is -2.26. The molecule has 2 nitrogen and oxygen atoms in total. The van der Waals surface area contributed by atoms with E-state index in [1.807, 2.05) is 12.1 Å². The van der Waals surface area contributed by atoms with Gasteiger partial charge in [0.05, 0.1) is 0 Å². The van der Waals surface area contributed by atoms with Crippen molar-refractivity contribution in [3.8, 4) is 0 Å². The molecule has 0 aromatic heterocycles. The number of benzene rings is 1. The van der Waals surface area contributed by atoms with E-state index in [-0.39, 0.29) is 0 Å². The smallest absolute Gasteiger partial charge is 0.376 e. The third-order valence-electron chi connectivity index (χ3n) is 3.30. The second-order valence-electron chi connectivity index (χ2n) is 5.00. The number of hydrogen-bond acceptors (Lipinski definition) is 2. The number of nitrogens with one attached hydrogen (secondary N) is 1. The highest BCUT2D eigenvalue weighted by Crippen LogP contribution is 2.18. The van der Waals surface area contributed by atoms with Crippen LogP contribution in [0, 0.1) is 0 Å². The third-order valence-corrected chi connectivity index (χ3v) is 3.30. The van der Waals surface area contributed by atoms with E-state index < -0.39 is 12.7 Å². The van der Waals surface area contributed by atoms with Crippen molar-refractivity contribution < 1.29 is 13.2 Å². The molecular weight excluding hydrogens is 253 g/mol. The van der Waals surface area contributed by atoms with Gasteiger partial charge in [-0.05, 0) is 43.6 Å². The molecule has 1 fully saturated rings. The van der Waals surface area contributed by atoms with Crippen molar-refractivity contribution in [2.24, 2.45) is 0 Å². The summed E-state index contributed by atoms with van der Waals surface area (Å²) in [5, 5.41) is 2.38. The molecule has 1 aromatic carbocycles. The van der Waals surface area contributed by atoms with Gasteiger partial charge in [-0.15, -0.1) is 0 Å². The van der Waals surface area contributed by atoms with Crippen LogP contribution in [-0.2, 0) is 6.54 Å². The molecular formula is C14H19F3N2. The Kier molecular flexibility index (Phi) is 4.69. The first-order valence-electron chi connectivity index (χ1n) is 6.65. The van der Waals surface area contributed by atoms with Crippen LogP contribution in [-0.4, -0.2) is 30.7 Å². The number of rotatable bonds is 4. The van der Waals surface area contributed by atoms with Crippen molar-refractivity contribution in [1.82, 2.24) is 4.90 Å². The van der Waals surface area contributed by atoms with Crippen molar-refractivity contribution in [3.05, 3.63) is 29.8 Å². The topological polar surface area (TPSA) is 15.3 Å². The molecule has 106 valence electrons. The molecule has 1 aliphatic rings. The van der Waals surface area contributed by atoms with E-state index in [1.54, 1.807) is 12.1 Å². The lowest BCUT2D eigenvalue weighted by Crippen LogP contribution is -2.29. The minimum absolute atomic E-state index is 0.514. The largest absolute Gasteiger partial charge is 0.405 e. The fourth-order valence-corrected chi connectivity index (χ4v) is 2.31. The summed E-state index contributed by atoms with van der Waals surface area (Å²) < 4.78 is 36.2. The number of hydrogen-bond donors (Lipinski definition) is 1. The molecule has 0 atom stereocenters. The fraction of sp³-hybridized carbons (Fsp3) is 0.571. The van der Waals surface area contributed by atoms with Crippen LogP contribution >= 0.6 is 0 Å². The van der Waals surface area contributed by atoms with E-state index in [2.05, 4.69) is 10.2 Å². The summed E-state index contributed by atoms with van der Waals surface area (Å²) in [6.45, 7) is 2.14. The number of nitrogens with zero attached hydrogens (tertiary/aromatic N) is 1. The predicted molar refractivity (Wildman–Crippen MR) is 70.1 cm³/mol. The zero-order chi connectivity index (χ0) is 13.7. The van der Waals surface area contributed by atoms with Crippen LogP contribution in [0.25, 0.3) is 0 Å². The van der Waals surface area contributed by atoms with Gasteiger partial charge in [0.15, 0.2) is 0 Å². The molecule has 1 N–H and O–H groups in total. The quantitative estimate of drug-likeness (QED) is 0.900. The summed E-state index contributed by atoms with van der Waals surface area (Å²) in [6.07, 6.45) is -0.389. The van der Waals surface area contributed by atoms with Crippen molar-refractivity contribution in [2.75, 3.05) is 25.0 Å². The van der Waals surface area contributed by atoms with Gasteiger partial charge >= 0.3 is 6.18 Å². The Balaban J connectivity index is 1.83. The van der Waals surface area contributed by atoms with Crippen LogP contribution in [0.15, 0.2) is 24.3 Å². The van der Waals surface area contributed by atoms with Gasteiger partial charge in [0.2, 0.25) is 0 Å². The van der Waals surface area contributed by atoms with Gasteiger partial charge in [-0.2, -0.15) is 13.2 Å². The minimum Gasteiger partial charge on any atom is -0.376 e. The van der Waals surface area contributed by atoms with Crippen molar-refractivity contribution >= 4 is 5.69 Å². The average Bonchev–Trinajstić information content (AvgIpc) is 2.38. The third kappa shape index (κ3) is 5.11. The summed E-state index contributed by atoms with van der Waals surface area (Å²) in [7, 11) is 0.